The molecule has 6 rings (SSSR count). The minimum Gasteiger partial charge on any atom is -0.321 e. The first-order chi connectivity index (χ1) is 15.7. The van der Waals surface area contributed by atoms with Crippen molar-refractivity contribution in [2.45, 2.75) is 19.6 Å². The SMILES string of the molecule is O=C(Nc1cccc(-c2cccc3c2Sc2ccccc2S3)c1)c1cc2ccccc2s1. The summed E-state index contributed by atoms with van der Waals surface area (Å²) in [5.41, 5.74) is 3.09. The molecule has 2 nitrogen and oxygen atoms in total. The molecule has 0 radical (unpaired) electrons. The fourth-order valence-corrected chi connectivity index (χ4v) is 7.19. The minimum atomic E-state index is -0.0719. The molecule has 5 heteroatoms. The van der Waals surface area contributed by atoms with Gasteiger partial charge < -0.3 is 5.32 Å². The van der Waals surface area contributed by atoms with Crippen LogP contribution in [0.25, 0.3) is 21.2 Å². The smallest absolute Gasteiger partial charge is 0.265 e. The molecule has 1 aliphatic rings. The zero-order valence-corrected chi connectivity index (χ0v) is 19.3. The Morgan fingerprint density at radius 1 is 0.688 bits per heavy atom. The molecule has 1 amide bonds. The number of carbonyl (C=O) groups is 1. The zero-order valence-electron chi connectivity index (χ0n) is 16.9. The third-order valence-corrected chi connectivity index (χ3v) is 9.07. The van der Waals surface area contributed by atoms with Gasteiger partial charge in [-0.25, -0.2) is 0 Å². The average Bonchev–Trinajstić information content (AvgIpc) is 3.27. The molecule has 1 aliphatic heterocycles. The van der Waals surface area contributed by atoms with Crippen molar-refractivity contribution >= 4 is 56.5 Å². The van der Waals surface area contributed by atoms with Crippen LogP contribution < -0.4 is 5.32 Å². The van der Waals surface area contributed by atoms with Crippen molar-refractivity contribution in [1.82, 2.24) is 0 Å². The summed E-state index contributed by atoms with van der Waals surface area (Å²) in [5.74, 6) is -0.0719. The summed E-state index contributed by atoms with van der Waals surface area (Å²) >= 11 is 5.15. The lowest BCUT2D eigenvalue weighted by Gasteiger charge is -2.21. The van der Waals surface area contributed by atoms with Crippen LogP contribution >= 0.6 is 34.9 Å². The van der Waals surface area contributed by atoms with E-state index in [-0.39, 0.29) is 5.91 Å². The van der Waals surface area contributed by atoms with Crippen LogP contribution in [0.15, 0.2) is 117 Å². The number of anilines is 1. The Labute approximate surface area is 198 Å². The molecule has 4 aromatic carbocycles. The molecule has 0 fully saturated rings. The molecule has 0 unspecified atom stereocenters. The predicted molar refractivity (Wildman–Crippen MR) is 136 cm³/mol. The normalized spacial score (nSPS) is 12.2. The quantitative estimate of drug-likeness (QED) is 0.283. The van der Waals surface area contributed by atoms with Gasteiger partial charge >= 0.3 is 0 Å². The van der Waals surface area contributed by atoms with Crippen molar-refractivity contribution < 1.29 is 4.79 Å². The van der Waals surface area contributed by atoms with Gasteiger partial charge in [0, 0.05) is 30.0 Å². The first-order valence-electron chi connectivity index (χ1n) is 10.2. The number of nitrogens with one attached hydrogen (secondary N) is 1. The minimum absolute atomic E-state index is 0.0719. The molecule has 1 N–H and O–H groups in total. The van der Waals surface area contributed by atoms with E-state index >= 15 is 0 Å². The van der Waals surface area contributed by atoms with Crippen LogP contribution in [0.2, 0.25) is 0 Å². The Hall–Kier alpha value is -2.99. The third-order valence-electron chi connectivity index (χ3n) is 5.34. The van der Waals surface area contributed by atoms with E-state index in [4.69, 9.17) is 0 Å². The fourth-order valence-electron chi connectivity index (χ4n) is 3.83. The monoisotopic (exact) mass is 467 g/mol. The van der Waals surface area contributed by atoms with Crippen molar-refractivity contribution in [1.29, 1.82) is 0 Å². The molecular weight excluding hydrogens is 451 g/mol. The highest BCUT2D eigenvalue weighted by molar-refractivity contribution is 8.05. The lowest BCUT2D eigenvalue weighted by Crippen LogP contribution is -2.10. The number of hydrogen-bond acceptors (Lipinski definition) is 4. The molecule has 0 spiro atoms. The molecule has 154 valence electrons. The van der Waals surface area contributed by atoms with Crippen molar-refractivity contribution in [3.05, 3.63) is 102 Å². The van der Waals surface area contributed by atoms with Gasteiger partial charge in [-0.05, 0) is 59.0 Å². The maximum atomic E-state index is 12.9. The molecule has 0 atom stereocenters. The van der Waals surface area contributed by atoms with E-state index in [0.717, 1.165) is 26.2 Å². The van der Waals surface area contributed by atoms with Gasteiger partial charge in [-0.1, -0.05) is 78.1 Å². The van der Waals surface area contributed by atoms with Gasteiger partial charge in [0.15, 0.2) is 0 Å². The van der Waals surface area contributed by atoms with E-state index in [0.29, 0.717) is 0 Å². The molecular formula is C27H17NOS3. The topological polar surface area (TPSA) is 29.1 Å². The maximum absolute atomic E-state index is 12.9. The second-order valence-corrected chi connectivity index (χ2v) is 10.7. The Balaban J connectivity index is 1.31. The number of fused-ring (bicyclic) bond motifs is 3. The zero-order chi connectivity index (χ0) is 21.5. The van der Waals surface area contributed by atoms with E-state index in [1.165, 1.54) is 36.5 Å². The van der Waals surface area contributed by atoms with Crippen LogP contribution in [-0.4, -0.2) is 5.91 Å². The van der Waals surface area contributed by atoms with Gasteiger partial charge in [0.1, 0.15) is 0 Å². The molecule has 2 heterocycles. The van der Waals surface area contributed by atoms with Crippen molar-refractivity contribution in [2.75, 3.05) is 5.32 Å². The molecule has 1 aromatic heterocycles. The maximum Gasteiger partial charge on any atom is 0.265 e. The van der Waals surface area contributed by atoms with Crippen molar-refractivity contribution in [3.63, 3.8) is 0 Å². The van der Waals surface area contributed by atoms with E-state index < -0.39 is 0 Å². The molecule has 32 heavy (non-hydrogen) atoms. The average molecular weight is 468 g/mol. The van der Waals surface area contributed by atoms with Crippen LogP contribution in [0.4, 0.5) is 5.69 Å². The first kappa shape index (κ1) is 19.7. The summed E-state index contributed by atoms with van der Waals surface area (Å²) in [7, 11) is 0. The van der Waals surface area contributed by atoms with Gasteiger partial charge in [0.25, 0.3) is 5.91 Å². The van der Waals surface area contributed by atoms with Gasteiger partial charge in [-0.3, -0.25) is 4.79 Å². The largest absolute Gasteiger partial charge is 0.321 e. The molecule has 0 bridgehead atoms. The Morgan fingerprint density at radius 2 is 1.44 bits per heavy atom. The Morgan fingerprint density at radius 3 is 2.31 bits per heavy atom. The lowest BCUT2D eigenvalue weighted by molar-refractivity contribution is 0.103. The third kappa shape index (κ3) is 3.62. The highest BCUT2D eigenvalue weighted by atomic mass is 32.2. The molecule has 5 aromatic rings. The second kappa shape index (κ2) is 8.17. The summed E-state index contributed by atoms with van der Waals surface area (Å²) in [6, 6.07) is 33.1. The number of hydrogen-bond donors (Lipinski definition) is 1. The second-order valence-electron chi connectivity index (χ2n) is 7.47. The van der Waals surface area contributed by atoms with Gasteiger partial charge in [-0.2, -0.15) is 0 Å². The lowest BCUT2D eigenvalue weighted by atomic mass is 10.0. The number of thiophene rings is 1. The summed E-state index contributed by atoms with van der Waals surface area (Å²) in [6.45, 7) is 0. The van der Waals surface area contributed by atoms with E-state index in [1.54, 1.807) is 0 Å². The predicted octanol–water partition coefficient (Wildman–Crippen LogP) is 8.44. The highest BCUT2D eigenvalue weighted by Crippen LogP contribution is 2.51. The number of benzene rings is 4. The van der Waals surface area contributed by atoms with Gasteiger partial charge in [0.05, 0.1) is 4.88 Å². The van der Waals surface area contributed by atoms with Gasteiger partial charge in [-0.15, -0.1) is 11.3 Å². The summed E-state index contributed by atoms with van der Waals surface area (Å²) in [6.07, 6.45) is 0. The standard InChI is InChI=1S/C27H17NOS3/c29-27(25-16-18-7-1-2-11-21(18)30-25)28-19-9-5-8-17(15-19)20-10-6-14-24-26(20)32-23-13-4-3-12-22(23)31-24/h1-16H,(H,28,29). The molecule has 0 saturated heterocycles. The van der Waals surface area contributed by atoms with Crippen LogP contribution in [0.3, 0.4) is 0 Å². The fraction of sp³-hybridized carbons (Fsp3) is 0. The summed E-state index contributed by atoms with van der Waals surface area (Å²) in [4.78, 5) is 18.7. The van der Waals surface area contributed by atoms with E-state index in [9.17, 15) is 4.79 Å². The van der Waals surface area contributed by atoms with Crippen molar-refractivity contribution in [3.8, 4) is 11.1 Å². The Bertz CT molecular complexity index is 1450. The first-order valence-corrected chi connectivity index (χ1v) is 12.7. The Kier molecular flexibility index (Phi) is 5.02. The van der Waals surface area contributed by atoms with Crippen molar-refractivity contribution in [2.24, 2.45) is 0 Å². The van der Waals surface area contributed by atoms with Crippen LogP contribution in [-0.2, 0) is 0 Å². The molecule has 0 saturated carbocycles. The van der Waals surface area contributed by atoms with E-state index in [2.05, 4.69) is 59.9 Å². The van der Waals surface area contributed by atoms with E-state index in [1.807, 2.05) is 66.0 Å². The number of carbonyl (C=O) groups excluding carboxylic acids is 1. The number of rotatable bonds is 3. The van der Waals surface area contributed by atoms with Crippen LogP contribution in [0.5, 0.6) is 0 Å². The summed E-state index contributed by atoms with van der Waals surface area (Å²) < 4.78 is 1.12. The number of amides is 1. The summed E-state index contributed by atoms with van der Waals surface area (Å²) in [5, 5.41) is 4.18. The van der Waals surface area contributed by atoms with Crippen LogP contribution in [0.1, 0.15) is 9.67 Å². The highest BCUT2D eigenvalue weighted by Gasteiger charge is 2.20. The van der Waals surface area contributed by atoms with Crippen LogP contribution in [0, 0.1) is 0 Å². The van der Waals surface area contributed by atoms with Gasteiger partial charge in [0.2, 0.25) is 0 Å². The molecule has 0 aliphatic carbocycles.